The number of nitrogens with zero attached hydrogens (tertiary/aromatic N) is 2. The van der Waals surface area contributed by atoms with Crippen molar-refractivity contribution in [2.75, 3.05) is 20.3 Å². The third-order valence-electron chi connectivity index (χ3n) is 5.59. The number of methoxy groups -OCH3 is 1. The number of benzene rings is 2. The highest BCUT2D eigenvalue weighted by atomic mass is 79.9. The van der Waals surface area contributed by atoms with Crippen LogP contribution in [-0.2, 0) is 14.8 Å². The second kappa shape index (κ2) is 12.3. The molecule has 3 rings (SSSR count). The first-order valence-electron chi connectivity index (χ1n) is 11.2. The van der Waals surface area contributed by atoms with Gasteiger partial charge < -0.3 is 9.47 Å². The molecule has 8 nitrogen and oxygen atoms in total. The van der Waals surface area contributed by atoms with Crippen molar-refractivity contribution in [3.8, 4) is 11.5 Å². The molecule has 10 heteroatoms. The van der Waals surface area contributed by atoms with Gasteiger partial charge in [-0.15, -0.1) is 0 Å². The second-order valence-electron chi connectivity index (χ2n) is 7.93. The summed E-state index contributed by atoms with van der Waals surface area (Å²) in [5.41, 5.74) is 3.16. The summed E-state index contributed by atoms with van der Waals surface area (Å²) >= 11 is 3.33. The molecule has 0 bridgehead atoms. The van der Waals surface area contributed by atoms with Crippen LogP contribution in [0.15, 0.2) is 56.9 Å². The van der Waals surface area contributed by atoms with E-state index in [-0.39, 0.29) is 17.5 Å². The van der Waals surface area contributed by atoms with E-state index in [1.807, 2.05) is 6.92 Å². The fraction of sp³-hybridized carbons (Fsp3) is 0.417. The molecule has 184 valence electrons. The fourth-order valence-corrected chi connectivity index (χ4v) is 5.82. The van der Waals surface area contributed by atoms with E-state index in [0.29, 0.717) is 23.7 Å². The monoisotopic (exact) mass is 551 g/mol. The van der Waals surface area contributed by atoms with Gasteiger partial charge >= 0.3 is 0 Å². The Bertz CT molecular complexity index is 1100. The third-order valence-corrected chi connectivity index (χ3v) is 8.03. The van der Waals surface area contributed by atoms with E-state index in [1.54, 1.807) is 49.6 Å². The lowest BCUT2D eigenvalue weighted by atomic mass is 9.95. The molecule has 1 aliphatic rings. The zero-order chi connectivity index (χ0) is 24.6. The van der Waals surface area contributed by atoms with Gasteiger partial charge in [0, 0.05) is 10.5 Å². The van der Waals surface area contributed by atoms with E-state index < -0.39 is 15.9 Å². The summed E-state index contributed by atoms with van der Waals surface area (Å²) in [5.74, 6) is 0.675. The second-order valence-corrected chi connectivity index (χ2v) is 10.7. The highest BCUT2D eigenvalue weighted by Gasteiger charge is 2.33. The van der Waals surface area contributed by atoms with Gasteiger partial charge in [0.2, 0.25) is 10.0 Å². The minimum absolute atomic E-state index is 0.166. The van der Waals surface area contributed by atoms with E-state index in [9.17, 15) is 13.2 Å². The summed E-state index contributed by atoms with van der Waals surface area (Å²) in [5, 5.41) is 4.01. The van der Waals surface area contributed by atoms with E-state index in [0.717, 1.165) is 36.6 Å². The molecule has 0 aliphatic heterocycles. The lowest BCUT2D eigenvalue weighted by Gasteiger charge is -2.32. The van der Waals surface area contributed by atoms with Crippen LogP contribution in [0.1, 0.15) is 44.6 Å². The van der Waals surface area contributed by atoms with Gasteiger partial charge in [-0.05, 0) is 67.8 Å². The zero-order valence-electron chi connectivity index (χ0n) is 19.4. The number of halogens is 1. The zero-order valence-corrected chi connectivity index (χ0v) is 21.8. The summed E-state index contributed by atoms with van der Waals surface area (Å²) in [6.07, 6.45) is 5.90. The third kappa shape index (κ3) is 6.80. The maximum absolute atomic E-state index is 13.4. The van der Waals surface area contributed by atoms with E-state index in [2.05, 4.69) is 26.5 Å². The largest absolute Gasteiger partial charge is 0.493 e. The van der Waals surface area contributed by atoms with E-state index in [4.69, 9.17) is 9.47 Å². The summed E-state index contributed by atoms with van der Waals surface area (Å²) in [6, 6.07) is 11.5. The van der Waals surface area contributed by atoms with Crippen molar-refractivity contribution >= 4 is 38.1 Å². The van der Waals surface area contributed by atoms with Crippen LogP contribution in [0, 0.1) is 0 Å². The molecule has 0 radical (unpaired) electrons. The summed E-state index contributed by atoms with van der Waals surface area (Å²) in [4.78, 5) is 12.9. The van der Waals surface area contributed by atoms with Crippen LogP contribution in [0.3, 0.4) is 0 Å². The molecule has 0 atom stereocenters. The minimum Gasteiger partial charge on any atom is -0.493 e. The highest BCUT2D eigenvalue weighted by Crippen LogP contribution is 2.29. The summed E-state index contributed by atoms with van der Waals surface area (Å²) in [6.45, 7) is 2.10. The average Bonchev–Trinajstić information content (AvgIpc) is 2.84. The number of carbonyl (C=O) groups is 1. The molecule has 1 aliphatic carbocycles. The molecule has 34 heavy (non-hydrogen) atoms. The van der Waals surface area contributed by atoms with Gasteiger partial charge in [0.15, 0.2) is 11.5 Å². The van der Waals surface area contributed by atoms with Crippen molar-refractivity contribution in [1.82, 2.24) is 9.73 Å². The Kier molecular flexibility index (Phi) is 9.49. The molecule has 2 aromatic carbocycles. The van der Waals surface area contributed by atoms with E-state index >= 15 is 0 Å². The Morgan fingerprint density at radius 1 is 1.15 bits per heavy atom. The Labute approximate surface area is 209 Å². The molecule has 0 unspecified atom stereocenters. The van der Waals surface area contributed by atoms with Crippen molar-refractivity contribution in [2.45, 2.75) is 50.0 Å². The number of hydrazone groups is 1. The lowest BCUT2D eigenvalue weighted by Crippen LogP contribution is -2.46. The predicted octanol–water partition coefficient (Wildman–Crippen LogP) is 4.33. The molecule has 1 saturated carbocycles. The first kappa shape index (κ1) is 26.2. The predicted molar refractivity (Wildman–Crippen MR) is 135 cm³/mol. The summed E-state index contributed by atoms with van der Waals surface area (Å²) < 4.78 is 39.7. The number of sulfonamides is 1. The number of hydrogen-bond donors (Lipinski definition) is 1. The van der Waals surface area contributed by atoms with Crippen molar-refractivity contribution in [3.05, 3.63) is 52.5 Å². The van der Waals surface area contributed by atoms with Gasteiger partial charge in [-0.2, -0.15) is 9.41 Å². The van der Waals surface area contributed by atoms with E-state index in [1.165, 1.54) is 10.5 Å². The van der Waals surface area contributed by atoms with Crippen LogP contribution in [0.25, 0.3) is 0 Å². The van der Waals surface area contributed by atoms with Crippen molar-refractivity contribution in [2.24, 2.45) is 5.10 Å². The molecular formula is C24H30BrN3O5S. The topological polar surface area (TPSA) is 97.3 Å². The van der Waals surface area contributed by atoms with Gasteiger partial charge in [-0.1, -0.05) is 35.2 Å². The Morgan fingerprint density at radius 3 is 2.50 bits per heavy atom. The van der Waals surface area contributed by atoms with Gasteiger partial charge in [-0.25, -0.2) is 13.8 Å². The van der Waals surface area contributed by atoms with Crippen LogP contribution in [0.4, 0.5) is 0 Å². The number of ether oxygens (including phenoxy) is 2. The van der Waals surface area contributed by atoms with Crippen LogP contribution >= 0.6 is 15.9 Å². The molecule has 1 fully saturated rings. The fourth-order valence-electron chi connectivity index (χ4n) is 3.92. The van der Waals surface area contributed by atoms with Crippen molar-refractivity contribution in [1.29, 1.82) is 0 Å². The Morgan fingerprint density at radius 2 is 1.85 bits per heavy atom. The van der Waals surface area contributed by atoms with Crippen molar-refractivity contribution in [3.63, 3.8) is 0 Å². The maximum Gasteiger partial charge on any atom is 0.255 e. The average molecular weight is 552 g/mol. The van der Waals surface area contributed by atoms with Gasteiger partial charge in [0.05, 0.1) is 31.4 Å². The van der Waals surface area contributed by atoms with Crippen molar-refractivity contribution < 1.29 is 22.7 Å². The smallest absolute Gasteiger partial charge is 0.255 e. The molecular weight excluding hydrogens is 522 g/mol. The van der Waals surface area contributed by atoms with Crippen LogP contribution in [0.5, 0.6) is 11.5 Å². The SMILES string of the molecule is CCOc1ccc(/C=N\NC(=O)CN(C2CCCCC2)S(=O)(=O)c2ccc(Br)cc2)cc1OC. The normalized spacial score (nSPS) is 14.9. The molecule has 0 spiro atoms. The lowest BCUT2D eigenvalue weighted by molar-refractivity contribution is -0.121. The van der Waals surface area contributed by atoms with Crippen LogP contribution < -0.4 is 14.9 Å². The number of amides is 1. The van der Waals surface area contributed by atoms with Crippen LogP contribution in [-0.4, -0.2) is 51.1 Å². The van der Waals surface area contributed by atoms with Gasteiger partial charge in [-0.3, -0.25) is 4.79 Å². The molecule has 0 heterocycles. The highest BCUT2D eigenvalue weighted by molar-refractivity contribution is 9.10. The standard InChI is InChI=1S/C24H30BrN3O5S/c1-3-33-22-14-9-18(15-23(22)32-2)16-26-27-24(29)17-28(20-7-5-4-6-8-20)34(30,31)21-12-10-19(25)11-13-21/h9-16,20H,3-8,17H2,1-2H3,(H,27,29)/b26-16-. The van der Waals surface area contributed by atoms with Gasteiger partial charge in [0.1, 0.15) is 0 Å². The number of carbonyl (C=O) groups excluding carboxylic acids is 1. The molecule has 2 aromatic rings. The molecule has 1 N–H and O–H groups in total. The Balaban J connectivity index is 1.72. The quantitative estimate of drug-likeness (QED) is 0.350. The molecule has 1 amide bonds. The number of nitrogens with one attached hydrogen (secondary N) is 1. The Hall–Kier alpha value is -2.43. The number of rotatable bonds is 10. The molecule has 0 saturated heterocycles. The van der Waals surface area contributed by atoms with Crippen LogP contribution in [0.2, 0.25) is 0 Å². The van der Waals surface area contributed by atoms with Gasteiger partial charge in [0.25, 0.3) is 5.91 Å². The minimum atomic E-state index is -3.84. The molecule has 0 aromatic heterocycles. The summed E-state index contributed by atoms with van der Waals surface area (Å²) in [7, 11) is -2.29. The first-order chi connectivity index (χ1) is 16.3. The maximum atomic E-state index is 13.4. The number of hydrogen-bond acceptors (Lipinski definition) is 6. The first-order valence-corrected chi connectivity index (χ1v) is 13.5.